The molecule has 1 aliphatic rings. The minimum absolute atomic E-state index is 0.00349. The van der Waals surface area contributed by atoms with Gasteiger partial charge in [0.2, 0.25) is 5.91 Å². The van der Waals surface area contributed by atoms with Crippen LogP contribution in [0.3, 0.4) is 0 Å². The summed E-state index contributed by atoms with van der Waals surface area (Å²) in [6.45, 7) is 0. The Morgan fingerprint density at radius 3 is 2.33 bits per heavy atom. The monoisotopic (exact) mass is 399 g/mol. The highest BCUT2D eigenvalue weighted by molar-refractivity contribution is 7.91. The molecule has 1 fully saturated rings. The third-order valence-corrected chi connectivity index (χ3v) is 5.91. The van der Waals surface area contributed by atoms with Gasteiger partial charge in [-0.25, -0.2) is 8.42 Å². The summed E-state index contributed by atoms with van der Waals surface area (Å²) < 4.78 is 67.2. The van der Waals surface area contributed by atoms with Crippen molar-refractivity contribution >= 4 is 21.4 Å². The summed E-state index contributed by atoms with van der Waals surface area (Å²) in [6, 6.07) is 10.7. The molecule has 27 heavy (non-hydrogen) atoms. The van der Waals surface area contributed by atoms with Crippen LogP contribution < -0.4 is 10.1 Å². The van der Waals surface area contributed by atoms with Gasteiger partial charge in [0.15, 0.2) is 9.84 Å². The van der Waals surface area contributed by atoms with Crippen molar-refractivity contribution in [1.82, 2.24) is 0 Å². The smallest absolute Gasteiger partial charge is 0.419 e. The Labute approximate surface area is 154 Å². The molecule has 1 aliphatic heterocycles. The second-order valence-corrected chi connectivity index (χ2v) is 8.44. The summed E-state index contributed by atoms with van der Waals surface area (Å²) in [4.78, 5) is 12.1. The highest BCUT2D eigenvalue weighted by Gasteiger charge is 2.34. The number of amides is 1. The first-order valence-electron chi connectivity index (χ1n) is 8.09. The molecule has 0 aromatic heterocycles. The van der Waals surface area contributed by atoms with Crippen molar-refractivity contribution < 1.29 is 31.1 Å². The number of benzene rings is 2. The highest BCUT2D eigenvalue weighted by Crippen LogP contribution is 2.38. The molecule has 0 unspecified atom stereocenters. The van der Waals surface area contributed by atoms with Gasteiger partial charge in [0, 0.05) is 5.69 Å². The predicted molar refractivity (Wildman–Crippen MR) is 93.4 cm³/mol. The largest absolute Gasteiger partial charge is 0.457 e. The SMILES string of the molecule is O=C(Nc1ccc(Oc2ccccc2C(F)(F)F)cc1)[C@H]1CCS(=O)(=O)C1. The number of anilines is 1. The summed E-state index contributed by atoms with van der Waals surface area (Å²) in [5, 5.41) is 2.61. The molecule has 1 atom stereocenters. The summed E-state index contributed by atoms with van der Waals surface area (Å²) in [5.74, 6) is -1.31. The van der Waals surface area contributed by atoms with E-state index >= 15 is 0 Å². The summed E-state index contributed by atoms with van der Waals surface area (Å²) in [6.07, 6.45) is -4.25. The lowest BCUT2D eigenvalue weighted by Crippen LogP contribution is -2.23. The van der Waals surface area contributed by atoms with Gasteiger partial charge >= 0.3 is 6.18 Å². The summed E-state index contributed by atoms with van der Waals surface area (Å²) in [7, 11) is -3.16. The third kappa shape index (κ3) is 4.79. The average molecular weight is 399 g/mol. The Morgan fingerprint density at radius 1 is 1.07 bits per heavy atom. The van der Waals surface area contributed by atoms with E-state index in [2.05, 4.69) is 5.32 Å². The third-order valence-electron chi connectivity index (χ3n) is 4.15. The maximum atomic E-state index is 13.0. The quantitative estimate of drug-likeness (QED) is 0.847. The zero-order valence-electron chi connectivity index (χ0n) is 14.0. The van der Waals surface area contributed by atoms with Crippen LogP contribution in [0.15, 0.2) is 48.5 Å². The lowest BCUT2D eigenvalue weighted by Gasteiger charge is -2.14. The molecule has 2 aromatic rings. The fourth-order valence-electron chi connectivity index (χ4n) is 2.77. The van der Waals surface area contributed by atoms with Gasteiger partial charge in [0.25, 0.3) is 0 Å². The van der Waals surface area contributed by atoms with E-state index in [9.17, 15) is 26.4 Å². The maximum Gasteiger partial charge on any atom is 0.419 e. The number of halogens is 3. The van der Waals surface area contributed by atoms with Crippen molar-refractivity contribution in [2.75, 3.05) is 16.8 Å². The second-order valence-electron chi connectivity index (χ2n) is 6.21. The standard InChI is InChI=1S/C18H16F3NO4S/c19-18(20,21)15-3-1-2-4-16(15)26-14-7-5-13(6-8-14)22-17(23)12-9-10-27(24,25)11-12/h1-8,12H,9-11H2,(H,22,23)/t12-/m0/s1. The number of hydrogen-bond donors (Lipinski definition) is 1. The van der Waals surface area contributed by atoms with Crippen LogP contribution in [0.5, 0.6) is 11.5 Å². The molecular formula is C18H16F3NO4S. The van der Waals surface area contributed by atoms with E-state index in [-0.39, 0.29) is 29.4 Å². The number of ether oxygens (including phenoxy) is 1. The zero-order valence-corrected chi connectivity index (χ0v) is 14.8. The minimum atomic E-state index is -4.54. The number of para-hydroxylation sites is 1. The molecule has 5 nitrogen and oxygen atoms in total. The van der Waals surface area contributed by atoms with E-state index in [1.54, 1.807) is 0 Å². The summed E-state index contributed by atoms with van der Waals surface area (Å²) >= 11 is 0. The van der Waals surface area contributed by atoms with Gasteiger partial charge in [0.1, 0.15) is 11.5 Å². The Balaban J connectivity index is 1.67. The summed E-state index contributed by atoms with van der Waals surface area (Å²) in [5.41, 5.74) is -0.481. The minimum Gasteiger partial charge on any atom is -0.457 e. The topological polar surface area (TPSA) is 72.5 Å². The van der Waals surface area contributed by atoms with Crippen LogP contribution >= 0.6 is 0 Å². The Hall–Kier alpha value is -2.55. The molecule has 2 aromatic carbocycles. The van der Waals surface area contributed by atoms with Crippen molar-refractivity contribution in [1.29, 1.82) is 0 Å². The van der Waals surface area contributed by atoms with E-state index in [1.165, 1.54) is 42.5 Å². The number of nitrogens with one attached hydrogen (secondary N) is 1. The zero-order chi connectivity index (χ0) is 19.7. The number of sulfone groups is 1. The molecular weight excluding hydrogens is 383 g/mol. The second kappa shape index (κ2) is 7.22. The van der Waals surface area contributed by atoms with Crippen LogP contribution in [0.2, 0.25) is 0 Å². The van der Waals surface area contributed by atoms with Crippen molar-refractivity contribution in [3.05, 3.63) is 54.1 Å². The molecule has 0 radical (unpaired) electrons. The number of alkyl halides is 3. The fourth-order valence-corrected chi connectivity index (χ4v) is 4.51. The first-order valence-corrected chi connectivity index (χ1v) is 9.92. The van der Waals surface area contributed by atoms with Crippen LogP contribution in [0.25, 0.3) is 0 Å². The number of rotatable bonds is 4. The van der Waals surface area contributed by atoms with Crippen LogP contribution in [0.4, 0.5) is 18.9 Å². The van der Waals surface area contributed by atoms with Gasteiger partial charge < -0.3 is 10.1 Å². The normalized spacial score (nSPS) is 18.9. The van der Waals surface area contributed by atoms with Crippen molar-refractivity contribution in [3.63, 3.8) is 0 Å². The van der Waals surface area contributed by atoms with Crippen molar-refractivity contribution in [2.24, 2.45) is 5.92 Å². The molecule has 0 aliphatic carbocycles. The van der Waals surface area contributed by atoms with Crippen molar-refractivity contribution in [2.45, 2.75) is 12.6 Å². The average Bonchev–Trinajstić information content (AvgIpc) is 2.96. The van der Waals surface area contributed by atoms with Crippen LogP contribution in [0, 0.1) is 5.92 Å². The predicted octanol–water partition coefficient (Wildman–Crippen LogP) is 3.87. The molecule has 0 spiro atoms. The van der Waals surface area contributed by atoms with E-state index in [4.69, 9.17) is 4.74 Å². The Morgan fingerprint density at radius 2 is 1.74 bits per heavy atom. The van der Waals surface area contributed by atoms with Gasteiger partial charge in [-0.2, -0.15) is 13.2 Å². The number of carbonyl (C=O) groups is 1. The van der Waals surface area contributed by atoms with E-state index < -0.39 is 33.4 Å². The Bertz CT molecular complexity index is 940. The molecule has 0 bridgehead atoms. The highest BCUT2D eigenvalue weighted by atomic mass is 32.2. The first kappa shape index (κ1) is 19.2. The van der Waals surface area contributed by atoms with Gasteiger partial charge in [-0.1, -0.05) is 12.1 Å². The molecule has 1 heterocycles. The van der Waals surface area contributed by atoms with Crippen LogP contribution in [0.1, 0.15) is 12.0 Å². The maximum absolute atomic E-state index is 13.0. The molecule has 144 valence electrons. The molecule has 9 heteroatoms. The van der Waals surface area contributed by atoms with Crippen molar-refractivity contribution in [3.8, 4) is 11.5 Å². The lowest BCUT2D eigenvalue weighted by molar-refractivity contribution is -0.138. The van der Waals surface area contributed by atoms with E-state index in [0.29, 0.717) is 5.69 Å². The van der Waals surface area contributed by atoms with Gasteiger partial charge in [0.05, 0.1) is 23.0 Å². The molecule has 1 N–H and O–H groups in total. The molecule has 1 amide bonds. The molecule has 3 rings (SSSR count). The van der Waals surface area contributed by atoms with E-state index in [0.717, 1.165) is 6.07 Å². The number of carbonyl (C=O) groups excluding carboxylic acids is 1. The van der Waals surface area contributed by atoms with Crippen LogP contribution in [-0.2, 0) is 20.8 Å². The molecule has 0 saturated carbocycles. The van der Waals surface area contributed by atoms with Gasteiger partial charge in [-0.05, 0) is 42.8 Å². The Kier molecular flexibility index (Phi) is 5.14. The van der Waals surface area contributed by atoms with Crippen LogP contribution in [-0.4, -0.2) is 25.8 Å². The fraction of sp³-hybridized carbons (Fsp3) is 0.278. The van der Waals surface area contributed by atoms with Gasteiger partial charge in [-0.3, -0.25) is 4.79 Å². The molecule has 1 saturated heterocycles. The van der Waals surface area contributed by atoms with E-state index in [1.807, 2.05) is 0 Å². The van der Waals surface area contributed by atoms with Gasteiger partial charge in [-0.15, -0.1) is 0 Å². The number of hydrogen-bond acceptors (Lipinski definition) is 4. The first-order chi connectivity index (χ1) is 12.6. The lowest BCUT2D eigenvalue weighted by atomic mass is 10.1.